The van der Waals surface area contributed by atoms with Crippen LogP contribution in [0.25, 0.3) is 0 Å². The third-order valence-electron chi connectivity index (χ3n) is 4.00. The molecule has 1 heterocycles. The van der Waals surface area contributed by atoms with Crippen molar-refractivity contribution in [1.29, 1.82) is 0 Å². The van der Waals surface area contributed by atoms with E-state index in [-0.39, 0.29) is 5.41 Å². The van der Waals surface area contributed by atoms with Gasteiger partial charge in [0.05, 0.1) is 0 Å². The highest BCUT2D eigenvalue weighted by Gasteiger charge is 2.46. The fourth-order valence-electron chi connectivity index (χ4n) is 2.64. The van der Waals surface area contributed by atoms with Gasteiger partial charge in [-0.1, -0.05) is 43.2 Å². The van der Waals surface area contributed by atoms with Gasteiger partial charge in [-0.05, 0) is 37.0 Å². The van der Waals surface area contributed by atoms with E-state index in [0.29, 0.717) is 0 Å². The summed E-state index contributed by atoms with van der Waals surface area (Å²) >= 11 is 1.86. The fourth-order valence-corrected chi connectivity index (χ4v) is 4.29. The van der Waals surface area contributed by atoms with E-state index >= 15 is 0 Å². The first-order chi connectivity index (χ1) is 7.85. The van der Waals surface area contributed by atoms with E-state index in [2.05, 4.69) is 45.9 Å². The SMILES string of the molecule is Cc1cc(C)cc(C2(O)CSCCC2(C)C)c1. The van der Waals surface area contributed by atoms with E-state index in [1.165, 1.54) is 11.1 Å². The maximum Gasteiger partial charge on any atom is 0.104 e. The molecule has 94 valence electrons. The molecule has 0 spiro atoms. The molecule has 1 fully saturated rings. The number of thioether (sulfide) groups is 1. The highest BCUT2D eigenvalue weighted by Crippen LogP contribution is 2.48. The molecule has 1 N–H and O–H groups in total. The molecule has 1 atom stereocenters. The van der Waals surface area contributed by atoms with Crippen LogP contribution in [0.5, 0.6) is 0 Å². The molecule has 0 bridgehead atoms. The van der Waals surface area contributed by atoms with Crippen LogP contribution in [0.1, 0.15) is 37.0 Å². The lowest BCUT2D eigenvalue weighted by Gasteiger charge is -2.46. The van der Waals surface area contributed by atoms with Gasteiger partial charge in [0.1, 0.15) is 5.60 Å². The molecule has 0 amide bonds. The molecule has 1 saturated heterocycles. The highest BCUT2D eigenvalue weighted by atomic mass is 32.2. The summed E-state index contributed by atoms with van der Waals surface area (Å²) in [5.41, 5.74) is 2.83. The Morgan fingerprint density at radius 1 is 1.12 bits per heavy atom. The maximum atomic E-state index is 11.1. The number of aryl methyl sites for hydroxylation is 2. The molecule has 2 rings (SSSR count). The van der Waals surface area contributed by atoms with Crippen LogP contribution in [0, 0.1) is 19.3 Å². The molecule has 0 aromatic heterocycles. The average Bonchev–Trinajstić information content (AvgIpc) is 2.21. The van der Waals surface area contributed by atoms with Crippen LogP contribution >= 0.6 is 11.8 Å². The van der Waals surface area contributed by atoms with Crippen LogP contribution in [-0.2, 0) is 5.60 Å². The Morgan fingerprint density at radius 3 is 2.24 bits per heavy atom. The van der Waals surface area contributed by atoms with Crippen LogP contribution < -0.4 is 0 Å². The minimum Gasteiger partial charge on any atom is -0.384 e. The van der Waals surface area contributed by atoms with Gasteiger partial charge in [-0.3, -0.25) is 0 Å². The molecule has 1 aromatic carbocycles. The molecular formula is C15H22OS. The molecule has 0 radical (unpaired) electrons. The first kappa shape index (κ1) is 13.0. The Morgan fingerprint density at radius 2 is 1.71 bits per heavy atom. The summed E-state index contributed by atoms with van der Waals surface area (Å²) in [6.07, 6.45) is 1.07. The zero-order valence-corrected chi connectivity index (χ0v) is 12.0. The zero-order chi connectivity index (χ0) is 12.7. The van der Waals surface area contributed by atoms with Gasteiger partial charge < -0.3 is 5.11 Å². The zero-order valence-electron chi connectivity index (χ0n) is 11.2. The molecule has 1 aliphatic rings. The summed E-state index contributed by atoms with van der Waals surface area (Å²) in [5.74, 6) is 1.96. The smallest absolute Gasteiger partial charge is 0.104 e. The second-order valence-electron chi connectivity index (χ2n) is 5.92. The van der Waals surface area contributed by atoms with Gasteiger partial charge >= 0.3 is 0 Å². The Hall–Kier alpha value is -0.470. The largest absolute Gasteiger partial charge is 0.384 e. The van der Waals surface area contributed by atoms with Crippen molar-refractivity contribution >= 4 is 11.8 Å². The Kier molecular flexibility index (Phi) is 3.30. The van der Waals surface area contributed by atoms with E-state index in [4.69, 9.17) is 0 Å². The van der Waals surface area contributed by atoms with Crippen molar-refractivity contribution in [3.63, 3.8) is 0 Å². The Bertz CT molecular complexity index is 405. The van der Waals surface area contributed by atoms with Gasteiger partial charge in [0.2, 0.25) is 0 Å². The molecule has 0 aliphatic carbocycles. The lowest BCUT2D eigenvalue weighted by Crippen LogP contribution is -2.47. The normalized spacial score (nSPS) is 28.1. The number of benzene rings is 1. The molecule has 1 nitrogen and oxygen atoms in total. The summed E-state index contributed by atoms with van der Waals surface area (Å²) in [5, 5.41) is 11.1. The van der Waals surface area contributed by atoms with Crippen LogP contribution in [0.4, 0.5) is 0 Å². The van der Waals surface area contributed by atoms with Crippen molar-refractivity contribution in [2.24, 2.45) is 5.41 Å². The van der Waals surface area contributed by atoms with Gasteiger partial charge in [0, 0.05) is 5.75 Å². The minimum atomic E-state index is -0.688. The molecule has 1 aromatic rings. The minimum absolute atomic E-state index is 0.0432. The van der Waals surface area contributed by atoms with E-state index in [9.17, 15) is 5.11 Å². The highest BCUT2D eigenvalue weighted by molar-refractivity contribution is 7.99. The molecule has 1 unspecified atom stereocenters. The Balaban J connectivity index is 2.49. The van der Waals surface area contributed by atoms with Crippen LogP contribution in [0.2, 0.25) is 0 Å². The molecule has 2 heteroatoms. The van der Waals surface area contributed by atoms with Crippen molar-refractivity contribution in [2.45, 2.75) is 39.7 Å². The predicted octanol–water partition coefficient (Wildman–Crippen LogP) is 3.65. The first-order valence-electron chi connectivity index (χ1n) is 6.24. The van der Waals surface area contributed by atoms with Crippen molar-refractivity contribution in [1.82, 2.24) is 0 Å². The van der Waals surface area contributed by atoms with Crippen molar-refractivity contribution in [3.8, 4) is 0 Å². The Labute approximate surface area is 109 Å². The van der Waals surface area contributed by atoms with E-state index in [1.807, 2.05) is 11.8 Å². The van der Waals surface area contributed by atoms with Crippen molar-refractivity contribution < 1.29 is 5.11 Å². The molecule has 0 saturated carbocycles. The quantitative estimate of drug-likeness (QED) is 0.821. The average molecular weight is 250 g/mol. The number of aliphatic hydroxyl groups is 1. The van der Waals surface area contributed by atoms with Gasteiger partial charge in [-0.15, -0.1) is 0 Å². The van der Waals surface area contributed by atoms with Crippen LogP contribution in [0.3, 0.4) is 0 Å². The van der Waals surface area contributed by atoms with Gasteiger partial charge in [0.25, 0.3) is 0 Å². The summed E-state index contributed by atoms with van der Waals surface area (Å²) in [6, 6.07) is 6.44. The molecule has 17 heavy (non-hydrogen) atoms. The summed E-state index contributed by atoms with van der Waals surface area (Å²) in [4.78, 5) is 0. The lowest BCUT2D eigenvalue weighted by molar-refractivity contribution is -0.0579. The van der Waals surface area contributed by atoms with E-state index in [0.717, 1.165) is 23.5 Å². The third kappa shape index (κ3) is 2.25. The van der Waals surface area contributed by atoms with Gasteiger partial charge in [0.15, 0.2) is 0 Å². The number of rotatable bonds is 1. The molecule has 1 aliphatic heterocycles. The topological polar surface area (TPSA) is 20.2 Å². The first-order valence-corrected chi connectivity index (χ1v) is 7.39. The van der Waals surface area contributed by atoms with Crippen molar-refractivity contribution in [3.05, 3.63) is 34.9 Å². The van der Waals surface area contributed by atoms with Crippen molar-refractivity contribution in [2.75, 3.05) is 11.5 Å². The standard InChI is InChI=1S/C15H22OS/c1-11-7-12(2)9-13(8-11)15(16)10-17-6-5-14(15,3)4/h7-9,16H,5-6,10H2,1-4H3. The lowest BCUT2D eigenvalue weighted by atomic mass is 9.69. The summed E-state index contributed by atoms with van der Waals surface area (Å²) in [6.45, 7) is 8.57. The third-order valence-corrected chi connectivity index (χ3v) is 5.12. The number of hydrogen-bond acceptors (Lipinski definition) is 2. The van der Waals surface area contributed by atoms with Gasteiger partial charge in [-0.2, -0.15) is 11.8 Å². The monoisotopic (exact) mass is 250 g/mol. The summed E-state index contributed by atoms with van der Waals surface area (Å²) in [7, 11) is 0. The predicted molar refractivity (Wildman–Crippen MR) is 75.5 cm³/mol. The number of hydrogen-bond donors (Lipinski definition) is 1. The second kappa shape index (κ2) is 4.33. The molecular weight excluding hydrogens is 228 g/mol. The fraction of sp³-hybridized carbons (Fsp3) is 0.600. The van der Waals surface area contributed by atoms with Crippen LogP contribution in [0.15, 0.2) is 18.2 Å². The van der Waals surface area contributed by atoms with E-state index in [1.54, 1.807) is 0 Å². The second-order valence-corrected chi connectivity index (χ2v) is 7.03. The van der Waals surface area contributed by atoms with Gasteiger partial charge in [-0.25, -0.2) is 0 Å². The maximum absolute atomic E-state index is 11.1. The van der Waals surface area contributed by atoms with Crippen LogP contribution in [-0.4, -0.2) is 16.6 Å². The summed E-state index contributed by atoms with van der Waals surface area (Å²) < 4.78 is 0. The van der Waals surface area contributed by atoms with E-state index < -0.39 is 5.60 Å².